The lowest BCUT2D eigenvalue weighted by Gasteiger charge is -2.31. The highest BCUT2D eigenvalue weighted by Crippen LogP contribution is 2.23. The van der Waals surface area contributed by atoms with E-state index >= 15 is 0 Å². The molecule has 1 aromatic carbocycles. The Labute approximate surface area is 173 Å². The van der Waals surface area contributed by atoms with Crippen molar-refractivity contribution in [3.63, 3.8) is 0 Å². The van der Waals surface area contributed by atoms with E-state index in [0.717, 1.165) is 18.8 Å². The summed E-state index contributed by atoms with van der Waals surface area (Å²) in [6.45, 7) is 8.01. The van der Waals surface area contributed by atoms with Gasteiger partial charge in [0.1, 0.15) is 6.54 Å². The number of aryl methyl sites for hydroxylation is 1. The summed E-state index contributed by atoms with van der Waals surface area (Å²) in [6, 6.07) is 10.6. The minimum atomic E-state index is -0.0820. The Kier molecular flexibility index (Phi) is 7.20. The van der Waals surface area contributed by atoms with Gasteiger partial charge in [-0.25, -0.2) is 0 Å². The number of hydrogen-bond donors (Lipinski definition) is 1. The van der Waals surface area contributed by atoms with Crippen LogP contribution in [0.15, 0.2) is 30.3 Å². The maximum Gasteiger partial charge on any atom is 0.241 e. The van der Waals surface area contributed by atoms with Crippen molar-refractivity contribution in [2.24, 2.45) is 0 Å². The van der Waals surface area contributed by atoms with Crippen LogP contribution in [0.25, 0.3) is 0 Å². The number of nitrogens with one attached hydrogen (secondary N) is 1. The van der Waals surface area contributed by atoms with E-state index in [1.165, 1.54) is 38.2 Å². The first kappa shape index (κ1) is 21.2. The van der Waals surface area contributed by atoms with Gasteiger partial charge in [-0.15, -0.1) is 0 Å². The zero-order chi connectivity index (χ0) is 20.8. The van der Waals surface area contributed by atoms with Crippen LogP contribution in [0.1, 0.15) is 66.0 Å². The highest BCUT2D eigenvalue weighted by atomic mass is 16.2. The molecule has 0 unspecified atom stereocenters. The van der Waals surface area contributed by atoms with Crippen molar-refractivity contribution >= 4 is 11.7 Å². The Hall–Kier alpha value is -2.47. The van der Waals surface area contributed by atoms with E-state index in [1.54, 1.807) is 4.68 Å². The lowest BCUT2D eigenvalue weighted by Crippen LogP contribution is -2.39. The molecule has 0 saturated carbocycles. The van der Waals surface area contributed by atoms with Crippen LogP contribution in [0.2, 0.25) is 0 Å². The molecule has 1 amide bonds. The lowest BCUT2D eigenvalue weighted by atomic mass is 10.0. The predicted octanol–water partition coefficient (Wildman–Crippen LogP) is 3.44. The van der Waals surface area contributed by atoms with Gasteiger partial charge in [0.05, 0.1) is 17.3 Å². The maximum absolute atomic E-state index is 12.7. The summed E-state index contributed by atoms with van der Waals surface area (Å²) in [6.07, 6.45) is 4.97. The molecule has 2 aromatic rings. The van der Waals surface area contributed by atoms with Gasteiger partial charge in [-0.2, -0.15) is 5.10 Å². The van der Waals surface area contributed by atoms with Gasteiger partial charge in [0.25, 0.3) is 0 Å². The van der Waals surface area contributed by atoms with Gasteiger partial charge < -0.3 is 5.32 Å². The first-order chi connectivity index (χ1) is 14.0. The molecule has 0 spiro atoms. The van der Waals surface area contributed by atoms with Crippen molar-refractivity contribution in [3.05, 3.63) is 52.8 Å². The summed E-state index contributed by atoms with van der Waals surface area (Å²) in [5, 5.41) is 7.49. The molecule has 1 fully saturated rings. The van der Waals surface area contributed by atoms with Crippen LogP contribution in [0.4, 0.5) is 0 Å². The molecule has 156 valence electrons. The standard InChI is InChI=1S/C23H32N4O2/c1-17-23(19(3)28)18(2)27(25-17)16-22(29)24-15-21(20-11-7-6-8-12-20)26-13-9-4-5-10-14-26/h6-8,11-12,21H,4-5,9-10,13-16H2,1-3H3,(H,24,29)/t21-/m1/s1. The van der Waals surface area contributed by atoms with Crippen molar-refractivity contribution in [2.45, 2.75) is 59.0 Å². The van der Waals surface area contributed by atoms with E-state index in [2.05, 4.69) is 39.6 Å². The summed E-state index contributed by atoms with van der Waals surface area (Å²) in [5.74, 6) is -0.0987. The fourth-order valence-electron chi connectivity index (χ4n) is 4.30. The molecule has 6 heteroatoms. The van der Waals surface area contributed by atoms with Crippen LogP contribution in [-0.4, -0.2) is 46.0 Å². The summed E-state index contributed by atoms with van der Waals surface area (Å²) in [7, 11) is 0. The van der Waals surface area contributed by atoms with Crippen LogP contribution < -0.4 is 5.32 Å². The SMILES string of the molecule is CC(=O)c1c(C)nn(CC(=O)NC[C@H](c2ccccc2)N2CCCCCC2)c1C. The number of rotatable bonds is 7. The fourth-order valence-corrected chi connectivity index (χ4v) is 4.30. The zero-order valence-electron chi connectivity index (χ0n) is 17.8. The van der Waals surface area contributed by atoms with Gasteiger partial charge in [-0.1, -0.05) is 43.2 Å². The molecule has 6 nitrogen and oxygen atoms in total. The quantitative estimate of drug-likeness (QED) is 0.728. The van der Waals surface area contributed by atoms with Gasteiger partial charge >= 0.3 is 0 Å². The Morgan fingerprint density at radius 3 is 2.31 bits per heavy atom. The van der Waals surface area contributed by atoms with Crippen molar-refractivity contribution in [1.82, 2.24) is 20.0 Å². The van der Waals surface area contributed by atoms with Gasteiger partial charge in [-0.05, 0) is 52.3 Å². The normalized spacial score (nSPS) is 16.2. The minimum absolute atomic E-state index is 0.0167. The predicted molar refractivity (Wildman–Crippen MR) is 114 cm³/mol. The molecule has 1 aliphatic rings. The number of likely N-dealkylation sites (tertiary alicyclic amines) is 1. The van der Waals surface area contributed by atoms with Crippen molar-refractivity contribution in [3.8, 4) is 0 Å². The molecule has 0 aliphatic carbocycles. The largest absolute Gasteiger partial charge is 0.353 e. The molecule has 1 saturated heterocycles. The van der Waals surface area contributed by atoms with Crippen LogP contribution in [0, 0.1) is 13.8 Å². The Morgan fingerprint density at radius 2 is 1.72 bits per heavy atom. The van der Waals surface area contributed by atoms with Crippen molar-refractivity contribution in [2.75, 3.05) is 19.6 Å². The van der Waals surface area contributed by atoms with E-state index in [1.807, 2.05) is 19.9 Å². The third-order valence-electron chi connectivity index (χ3n) is 5.79. The van der Waals surface area contributed by atoms with E-state index < -0.39 is 0 Å². The molecular weight excluding hydrogens is 364 g/mol. The summed E-state index contributed by atoms with van der Waals surface area (Å²) < 4.78 is 1.63. The van der Waals surface area contributed by atoms with Gasteiger partial charge in [0.15, 0.2) is 5.78 Å². The number of carbonyl (C=O) groups is 2. The third kappa shape index (κ3) is 5.32. The molecule has 29 heavy (non-hydrogen) atoms. The summed E-state index contributed by atoms with van der Waals surface area (Å²) in [4.78, 5) is 27.0. The maximum atomic E-state index is 12.7. The van der Waals surface area contributed by atoms with Gasteiger partial charge in [-0.3, -0.25) is 19.2 Å². The van der Waals surface area contributed by atoms with E-state index in [-0.39, 0.29) is 24.3 Å². The van der Waals surface area contributed by atoms with Crippen molar-refractivity contribution in [1.29, 1.82) is 0 Å². The number of amides is 1. The Morgan fingerprint density at radius 1 is 1.07 bits per heavy atom. The van der Waals surface area contributed by atoms with E-state index in [4.69, 9.17) is 0 Å². The van der Waals surface area contributed by atoms with Crippen LogP contribution in [-0.2, 0) is 11.3 Å². The first-order valence-electron chi connectivity index (χ1n) is 10.6. The molecule has 1 aromatic heterocycles. The van der Waals surface area contributed by atoms with Gasteiger partial charge in [0, 0.05) is 12.2 Å². The smallest absolute Gasteiger partial charge is 0.241 e. The first-order valence-corrected chi connectivity index (χ1v) is 10.6. The minimum Gasteiger partial charge on any atom is -0.353 e. The molecule has 1 N–H and O–H groups in total. The van der Waals surface area contributed by atoms with E-state index in [0.29, 0.717) is 17.8 Å². The molecular formula is C23H32N4O2. The summed E-state index contributed by atoms with van der Waals surface area (Å²) >= 11 is 0. The summed E-state index contributed by atoms with van der Waals surface area (Å²) in [5.41, 5.74) is 3.27. The molecule has 1 atom stereocenters. The van der Waals surface area contributed by atoms with Crippen molar-refractivity contribution < 1.29 is 9.59 Å². The van der Waals surface area contributed by atoms with Crippen LogP contribution in [0.5, 0.6) is 0 Å². The number of aromatic nitrogens is 2. The number of ketones is 1. The lowest BCUT2D eigenvalue weighted by molar-refractivity contribution is -0.122. The number of nitrogens with zero attached hydrogens (tertiary/aromatic N) is 3. The molecule has 3 rings (SSSR count). The molecule has 0 bridgehead atoms. The average Bonchev–Trinajstić information content (AvgIpc) is 2.87. The second kappa shape index (κ2) is 9.83. The number of hydrogen-bond acceptors (Lipinski definition) is 4. The fraction of sp³-hybridized carbons (Fsp3) is 0.522. The van der Waals surface area contributed by atoms with E-state index in [9.17, 15) is 9.59 Å². The third-order valence-corrected chi connectivity index (χ3v) is 5.79. The highest BCUT2D eigenvalue weighted by molar-refractivity contribution is 5.96. The van der Waals surface area contributed by atoms with Gasteiger partial charge in [0.2, 0.25) is 5.91 Å². The zero-order valence-corrected chi connectivity index (χ0v) is 17.8. The topological polar surface area (TPSA) is 67.2 Å². The monoisotopic (exact) mass is 396 g/mol. The number of carbonyl (C=O) groups excluding carboxylic acids is 2. The Bertz CT molecular complexity index is 836. The molecule has 2 heterocycles. The van der Waals surface area contributed by atoms with Crippen LogP contribution in [0.3, 0.4) is 0 Å². The highest BCUT2D eigenvalue weighted by Gasteiger charge is 2.23. The second-order valence-electron chi connectivity index (χ2n) is 7.94. The molecule has 1 aliphatic heterocycles. The number of Topliss-reactive ketones (excluding diaryl/α,β-unsaturated/α-hetero) is 1. The van der Waals surface area contributed by atoms with Crippen LogP contribution >= 0.6 is 0 Å². The Balaban J connectivity index is 1.68. The average molecular weight is 397 g/mol. The second-order valence-corrected chi connectivity index (χ2v) is 7.94. The molecule has 0 radical (unpaired) electrons. The number of benzene rings is 1.